The van der Waals surface area contributed by atoms with E-state index in [1.54, 1.807) is 21.1 Å². The minimum Gasteiger partial charge on any atom is -0.544 e. The summed E-state index contributed by atoms with van der Waals surface area (Å²) < 4.78 is 0.419. The van der Waals surface area contributed by atoms with E-state index in [0.29, 0.717) is 10.9 Å². The number of carboxylic acid groups (broad SMARTS) is 2. The van der Waals surface area contributed by atoms with Gasteiger partial charge in [0.1, 0.15) is 12.6 Å². The smallest absolute Gasteiger partial charge is 0.320 e. The van der Waals surface area contributed by atoms with E-state index in [1.807, 2.05) is 30.5 Å². The molecule has 0 spiro atoms. The number of nitrogens with two attached hydrogens (primary N) is 1. The highest BCUT2D eigenvalue weighted by molar-refractivity contribution is 5.84. The molecule has 2 aromatic rings. The first-order valence-electron chi connectivity index (χ1n) is 7.14. The van der Waals surface area contributed by atoms with Crippen molar-refractivity contribution in [3.63, 3.8) is 0 Å². The number of aliphatic carboxylic acids is 2. The number of nitrogens with one attached hydrogen (secondary N) is 1. The third-order valence-corrected chi connectivity index (χ3v) is 3.04. The molecule has 1 aromatic carbocycles. The van der Waals surface area contributed by atoms with Crippen LogP contribution in [0.1, 0.15) is 5.56 Å². The maximum Gasteiger partial charge on any atom is 0.320 e. The minimum atomic E-state index is -1.00. The predicted molar refractivity (Wildman–Crippen MR) is 85.5 cm³/mol. The Morgan fingerprint density at radius 1 is 1.30 bits per heavy atom. The van der Waals surface area contributed by atoms with Crippen molar-refractivity contribution in [2.45, 2.75) is 12.5 Å². The van der Waals surface area contributed by atoms with Gasteiger partial charge < -0.3 is 30.2 Å². The summed E-state index contributed by atoms with van der Waals surface area (Å²) in [6.07, 6.45) is 2.16. The van der Waals surface area contributed by atoms with E-state index in [4.69, 9.17) is 10.8 Å². The first-order chi connectivity index (χ1) is 10.6. The van der Waals surface area contributed by atoms with Crippen LogP contribution in [0, 0.1) is 0 Å². The third-order valence-electron chi connectivity index (χ3n) is 3.04. The summed E-state index contributed by atoms with van der Waals surface area (Å²) in [6.45, 7) is 0.0694. The number of benzene rings is 1. The Balaban J connectivity index is 0.000000284. The lowest BCUT2D eigenvalue weighted by atomic mass is 10.1. The van der Waals surface area contributed by atoms with Crippen LogP contribution in [0.5, 0.6) is 0 Å². The Morgan fingerprint density at radius 3 is 2.39 bits per heavy atom. The number of H-pyrrole nitrogens is 1. The average Bonchev–Trinajstić information content (AvgIpc) is 2.80. The molecule has 0 aliphatic heterocycles. The van der Waals surface area contributed by atoms with Crippen LogP contribution in [0.3, 0.4) is 0 Å². The van der Waals surface area contributed by atoms with Gasteiger partial charge in [0.2, 0.25) is 0 Å². The topological polar surface area (TPSA) is 119 Å². The second-order valence-electron chi connectivity index (χ2n) is 6.33. The van der Waals surface area contributed by atoms with E-state index in [-0.39, 0.29) is 6.54 Å². The molecule has 1 atom stereocenters. The van der Waals surface area contributed by atoms with Crippen molar-refractivity contribution in [1.82, 2.24) is 4.98 Å². The number of hydrogen-bond acceptors (Lipinski definition) is 4. The van der Waals surface area contributed by atoms with Crippen LogP contribution in [0.4, 0.5) is 0 Å². The van der Waals surface area contributed by atoms with Gasteiger partial charge in [-0.05, 0) is 11.6 Å². The Morgan fingerprint density at radius 2 is 1.91 bits per heavy atom. The average molecular weight is 321 g/mol. The molecule has 0 saturated heterocycles. The molecule has 1 aromatic heterocycles. The van der Waals surface area contributed by atoms with Crippen LogP contribution in [-0.2, 0) is 16.0 Å². The molecule has 4 N–H and O–H groups in total. The zero-order valence-corrected chi connectivity index (χ0v) is 13.6. The summed E-state index contributed by atoms with van der Waals surface area (Å²) in [6, 6.07) is 6.91. The fourth-order valence-electron chi connectivity index (χ4n) is 2.01. The van der Waals surface area contributed by atoms with E-state index < -0.39 is 18.0 Å². The van der Waals surface area contributed by atoms with Crippen molar-refractivity contribution in [3.05, 3.63) is 36.0 Å². The molecular weight excluding hydrogens is 298 g/mol. The number of para-hydroxylation sites is 1. The molecule has 0 bridgehead atoms. The van der Waals surface area contributed by atoms with E-state index >= 15 is 0 Å². The summed E-state index contributed by atoms with van der Waals surface area (Å²) in [5.41, 5.74) is 7.43. The predicted octanol–water partition coefficient (Wildman–Crippen LogP) is -0.435. The Bertz CT molecular complexity index is 673. The lowest BCUT2D eigenvalue weighted by Gasteiger charge is -2.23. The number of carbonyl (C=O) groups excluding carboxylic acids is 1. The van der Waals surface area contributed by atoms with E-state index in [0.717, 1.165) is 16.5 Å². The molecule has 7 heteroatoms. The molecule has 0 fully saturated rings. The zero-order valence-electron chi connectivity index (χ0n) is 13.6. The highest BCUT2D eigenvalue weighted by Crippen LogP contribution is 2.18. The van der Waals surface area contributed by atoms with E-state index in [9.17, 15) is 14.7 Å². The number of hydrogen-bond donors (Lipinski definition) is 3. The van der Waals surface area contributed by atoms with Crippen LogP contribution < -0.4 is 10.8 Å². The molecule has 126 valence electrons. The van der Waals surface area contributed by atoms with Gasteiger partial charge >= 0.3 is 5.97 Å². The van der Waals surface area contributed by atoms with Crippen LogP contribution in [0.15, 0.2) is 30.5 Å². The SMILES string of the molecule is C[N+](C)(C)CC(=O)[O-].NC(Cc1c[nH]c2ccccc12)C(=O)O. The molecule has 7 nitrogen and oxygen atoms in total. The standard InChI is InChI=1S/C11H12N2O2.C5H11NO2/c12-9(11(14)15)5-7-6-13-10-4-2-1-3-8(7)10;1-6(2,3)4-5(7)8/h1-4,6,9,13H,5,12H2,(H,14,15);4H2,1-3H3. The number of fused-ring (bicyclic) bond motifs is 1. The molecule has 0 amide bonds. The monoisotopic (exact) mass is 321 g/mol. The maximum absolute atomic E-state index is 10.6. The van der Waals surface area contributed by atoms with Crippen molar-refractivity contribution in [1.29, 1.82) is 0 Å². The van der Waals surface area contributed by atoms with Gasteiger partial charge in [-0.2, -0.15) is 0 Å². The summed E-state index contributed by atoms with van der Waals surface area (Å²) in [5.74, 6) is -1.97. The summed E-state index contributed by atoms with van der Waals surface area (Å²) in [5, 5.41) is 19.6. The molecule has 2 rings (SSSR count). The van der Waals surface area contributed by atoms with Crippen molar-refractivity contribution in [2.75, 3.05) is 27.7 Å². The van der Waals surface area contributed by atoms with Gasteiger partial charge in [0, 0.05) is 23.5 Å². The number of nitrogens with zero attached hydrogens (tertiary/aromatic N) is 1. The second-order valence-corrected chi connectivity index (χ2v) is 6.33. The van der Waals surface area contributed by atoms with Crippen LogP contribution in [0.25, 0.3) is 10.9 Å². The van der Waals surface area contributed by atoms with Gasteiger partial charge in [-0.15, -0.1) is 0 Å². The third kappa shape index (κ3) is 6.50. The minimum absolute atomic E-state index is 0.0694. The number of likely N-dealkylation sites (N-methyl/N-ethyl adjacent to an activating group) is 1. The van der Waals surface area contributed by atoms with Gasteiger partial charge in [-0.1, -0.05) is 18.2 Å². The lowest BCUT2D eigenvalue weighted by molar-refractivity contribution is -0.864. The number of carbonyl (C=O) groups is 2. The fraction of sp³-hybridized carbons (Fsp3) is 0.375. The first-order valence-corrected chi connectivity index (χ1v) is 7.14. The van der Waals surface area contributed by atoms with Crippen LogP contribution >= 0.6 is 0 Å². The molecule has 1 unspecified atom stereocenters. The molecule has 1 heterocycles. The maximum atomic E-state index is 10.6. The van der Waals surface area contributed by atoms with Crippen molar-refractivity contribution >= 4 is 22.8 Å². The Hall–Kier alpha value is -2.38. The van der Waals surface area contributed by atoms with Gasteiger partial charge in [-0.3, -0.25) is 4.79 Å². The van der Waals surface area contributed by atoms with Gasteiger partial charge in [-0.25, -0.2) is 0 Å². The summed E-state index contributed by atoms with van der Waals surface area (Å²) in [7, 11) is 5.40. The largest absolute Gasteiger partial charge is 0.544 e. The van der Waals surface area contributed by atoms with Gasteiger partial charge in [0.25, 0.3) is 0 Å². The van der Waals surface area contributed by atoms with Crippen molar-refractivity contribution in [2.24, 2.45) is 5.73 Å². The number of carboxylic acids is 2. The quantitative estimate of drug-likeness (QED) is 0.645. The second kappa shape index (κ2) is 7.75. The normalized spacial score (nSPS) is 12.3. The Kier molecular flexibility index (Phi) is 6.29. The molecule has 0 aliphatic carbocycles. The number of quaternary nitrogens is 1. The van der Waals surface area contributed by atoms with Crippen LogP contribution in [0.2, 0.25) is 0 Å². The Labute approximate surface area is 134 Å². The van der Waals surface area contributed by atoms with Gasteiger partial charge in [0.05, 0.1) is 27.1 Å². The lowest BCUT2D eigenvalue weighted by Crippen LogP contribution is -2.45. The molecular formula is C16H23N3O4. The number of rotatable bonds is 5. The number of aromatic amines is 1. The fourth-order valence-corrected chi connectivity index (χ4v) is 2.01. The van der Waals surface area contributed by atoms with Crippen LogP contribution in [-0.4, -0.2) is 60.2 Å². The van der Waals surface area contributed by atoms with Gasteiger partial charge in [0.15, 0.2) is 0 Å². The van der Waals surface area contributed by atoms with Crippen molar-refractivity contribution in [3.8, 4) is 0 Å². The zero-order chi connectivity index (χ0) is 17.6. The number of aromatic nitrogens is 1. The highest BCUT2D eigenvalue weighted by Gasteiger charge is 2.14. The molecule has 0 radical (unpaired) electrons. The molecule has 0 aliphatic rings. The van der Waals surface area contributed by atoms with Crippen molar-refractivity contribution < 1.29 is 24.3 Å². The van der Waals surface area contributed by atoms with E-state index in [1.165, 1.54) is 0 Å². The summed E-state index contributed by atoms with van der Waals surface area (Å²) in [4.78, 5) is 23.6. The first kappa shape index (κ1) is 18.7. The summed E-state index contributed by atoms with van der Waals surface area (Å²) >= 11 is 0. The highest BCUT2D eigenvalue weighted by atomic mass is 16.4. The molecule has 23 heavy (non-hydrogen) atoms. The molecule has 0 saturated carbocycles. The van der Waals surface area contributed by atoms with E-state index in [2.05, 4.69) is 4.98 Å².